The highest BCUT2D eigenvalue weighted by molar-refractivity contribution is 6.31. The van der Waals surface area contributed by atoms with Gasteiger partial charge in [-0.15, -0.1) is 0 Å². The monoisotopic (exact) mass is 569 g/mol. The minimum Gasteiger partial charge on any atom is -0.486 e. The number of pyridine rings is 1. The van der Waals surface area contributed by atoms with Gasteiger partial charge in [-0.05, 0) is 24.3 Å². The zero-order valence-electron chi connectivity index (χ0n) is 21.6. The second-order valence-corrected chi connectivity index (χ2v) is 9.43. The molecule has 12 heteroatoms. The van der Waals surface area contributed by atoms with E-state index in [-0.39, 0.29) is 29.9 Å². The average molecular weight is 570 g/mol. The molecule has 3 aromatic rings. The van der Waals surface area contributed by atoms with Crippen molar-refractivity contribution in [3.63, 3.8) is 0 Å². The molecular formula is C28H29ClFN5O5. The van der Waals surface area contributed by atoms with E-state index in [4.69, 9.17) is 21.1 Å². The number of nitriles is 1. The maximum Gasteiger partial charge on any atom is 0.248 e. The number of halogens is 2. The van der Waals surface area contributed by atoms with E-state index in [9.17, 15) is 24.7 Å². The van der Waals surface area contributed by atoms with Crippen molar-refractivity contribution in [1.29, 1.82) is 5.26 Å². The molecule has 0 radical (unpaired) electrons. The van der Waals surface area contributed by atoms with Crippen LogP contribution in [-0.2, 0) is 9.53 Å². The van der Waals surface area contributed by atoms with Gasteiger partial charge in [0.2, 0.25) is 5.91 Å². The highest BCUT2D eigenvalue weighted by Gasteiger charge is 2.21. The van der Waals surface area contributed by atoms with Gasteiger partial charge in [0.05, 0.1) is 53.9 Å². The minimum atomic E-state index is -0.570. The summed E-state index contributed by atoms with van der Waals surface area (Å²) >= 11 is 5.95. The predicted molar refractivity (Wildman–Crippen MR) is 149 cm³/mol. The number of aliphatic hydroxyl groups is 2. The Bertz CT molecular complexity index is 1420. The fraction of sp³-hybridized carbons (Fsp3) is 0.321. The molecule has 1 aromatic heterocycles. The van der Waals surface area contributed by atoms with Crippen molar-refractivity contribution in [1.82, 2.24) is 9.88 Å². The first-order chi connectivity index (χ1) is 19.4. The molecule has 4 N–H and O–H groups in total. The van der Waals surface area contributed by atoms with E-state index in [1.807, 2.05) is 0 Å². The second-order valence-electron chi connectivity index (χ2n) is 9.02. The van der Waals surface area contributed by atoms with Crippen molar-refractivity contribution in [2.75, 3.05) is 56.7 Å². The van der Waals surface area contributed by atoms with Gasteiger partial charge in [-0.2, -0.15) is 5.26 Å². The number of ether oxygens (including phenoxy) is 2. The first-order valence-corrected chi connectivity index (χ1v) is 13.0. The number of aromatic nitrogens is 1. The number of nitrogens with one attached hydrogen (secondary N) is 2. The number of aliphatic hydroxyl groups excluding tert-OH is 2. The fourth-order valence-electron chi connectivity index (χ4n) is 4.20. The lowest BCUT2D eigenvalue weighted by molar-refractivity contribution is -0.111. The smallest absolute Gasteiger partial charge is 0.248 e. The quantitative estimate of drug-likeness (QED) is 0.241. The number of anilines is 3. The van der Waals surface area contributed by atoms with Crippen molar-refractivity contribution in [2.45, 2.75) is 12.5 Å². The zero-order valence-corrected chi connectivity index (χ0v) is 22.3. The standard InChI is InChI=1S/C28H29ClFN5O5/c29-22-12-19(3-4-23(22)30)33-28-18(15-31)16-32-24-14-26(40-20-5-11-39-17-20)25(13-21(24)28)34-27(38)2-1-6-35(7-9-36)8-10-37/h1-4,12-14,16,20,36-37H,5-11,17H2,(H,32,33)(H,34,38)/b2-1+/t20-/m0/s1. The van der Waals surface area contributed by atoms with Crippen LogP contribution in [0.15, 0.2) is 48.7 Å². The summed E-state index contributed by atoms with van der Waals surface area (Å²) in [6, 6.07) is 9.58. The van der Waals surface area contributed by atoms with Gasteiger partial charge >= 0.3 is 0 Å². The van der Waals surface area contributed by atoms with Crippen LogP contribution in [0, 0.1) is 17.1 Å². The van der Waals surface area contributed by atoms with Crippen LogP contribution in [-0.4, -0.2) is 78.2 Å². The lowest BCUT2D eigenvalue weighted by atomic mass is 10.1. The molecule has 0 bridgehead atoms. The number of carbonyl (C=O) groups excluding carboxylic acids is 1. The molecule has 40 heavy (non-hydrogen) atoms. The molecule has 2 heterocycles. The number of nitrogens with zero attached hydrogens (tertiary/aromatic N) is 3. The number of hydrogen-bond donors (Lipinski definition) is 4. The van der Waals surface area contributed by atoms with Crippen molar-refractivity contribution in [3.8, 4) is 11.8 Å². The molecule has 4 rings (SSSR count). The Balaban J connectivity index is 1.68. The third kappa shape index (κ3) is 7.44. The van der Waals surface area contributed by atoms with Crippen molar-refractivity contribution >= 4 is 45.5 Å². The molecule has 0 unspecified atom stereocenters. The van der Waals surface area contributed by atoms with E-state index in [0.29, 0.717) is 73.0 Å². The maximum atomic E-state index is 13.7. The normalized spacial score (nSPS) is 15.1. The predicted octanol–water partition coefficient (Wildman–Crippen LogP) is 3.59. The van der Waals surface area contributed by atoms with Gasteiger partial charge in [0, 0.05) is 55.5 Å². The van der Waals surface area contributed by atoms with Gasteiger partial charge in [0.25, 0.3) is 0 Å². The van der Waals surface area contributed by atoms with E-state index in [0.717, 1.165) is 0 Å². The van der Waals surface area contributed by atoms with E-state index in [1.165, 1.54) is 30.5 Å². The van der Waals surface area contributed by atoms with Crippen LogP contribution in [0.25, 0.3) is 10.9 Å². The maximum absolute atomic E-state index is 13.7. The molecular weight excluding hydrogens is 541 g/mol. The van der Waals surface area contributed by atoms with Crippen LogP contribution in [0.4, 0.5) is 21.5 Å². The summed E-state index contributed by atoms with van der Waals surface area (Å²) in [6.45, 7) is 1.93. The largest absolute Gasteiger partial charge is 0.486 e. The molecule has 1 aliphatic rings. The van der Waals surface area contributed by atoms with Crippen LogP contribution in [0.5, 0.6) is 5.75 Å². The third-order valence-corrected chi connectivity index (χ3v) is 6.47. The Hall–Kier alpha value is -3.79. The van der Waals surface area contributed by atoms with Crippen LogP contribution in [0.3, 0.4) is 0 Å². The third-order valence-electron chi connectivity index (χ3n) is 6.18. The van der Waals surface area contributed by atoms with Crippen molar-refractivity contribution in [2.24, 2.45) is 0 Å². The van der Waals surface area contributed by atoms with Gasteiger partial charge in [-0.1, -0.05) is 17.7 Å². The minimum absolute atomic E-state index is 0.0675. The van der Waals surface area contributed by atoms with Crippen LogP contribution in [0.2, 0.25) is 5.02 Å². The Labute approximate surface area is 235 Å². The van der Waals surface area contributed by atoms with E-state index < -0.39 is 11.7 Å². The molecule has 0 spiro atoms. The van der Waals surface area contributed by atoms with E-state index >= 15 is 0 Å². The molecule has 1 fully saturated rings. The number of amides is 1. The number of benzene rings is 2. The molecule has 1 saturated heterocycles. The van der Waals surface area contributed by atoms with Gasteiger partial charge in [0.15, 0.2) is 0 Å². The van der Waals surface area contributed by atoms with Crippen LogP contribution >= 0.6 is 11.6 Å². The average Bonchev–Trinajstić information content (AvgIpc) is 3.45. The summed E-state index contributed by atoms with van der Waals surface area (Å²) in [5.74, 6) is -0.608. The summed E-state index contributed by atoms with van der Waals surface area (Å²) in [5.41, 5.74) is 1.95. The van der Waals surface area contributed by atoms with Gasteiger partial charge in [-0.3, -0.25) is 14.7 Å². The molecule has 10 nitrogen and oxygen atoms in total. The van der Waals surface area contributed by atoms with Crippen LogP contribution in [0.1, 0.15) is 12.0 Å². The summed E-state index contributed by atoms with van der Waals surface area (Å²) in [5, 5.41) is 34.5. The summed E-state index contributed by atoms with van der Waals surface area (Å²) < 4.78 is 25.3. The number of hydrogen-bond acceptors (Lipinski definition) is 9. The van der Waals surface area contributed by atoms with Gasteiger partial charge in [0.1, 0.15) is 23.7 Å². The van der Waals surface area contributed by atoms with Crippen molar-refractivity contribution in [3.05, 3.63) is 65.1 Å². The number of fused-ring (bicyclic) bond motifs is 1. The molecule has 0 saturated carbocycles. The molecule has 0 aliphatic carbocycles. The highest BCUT2D eigenvalue weighted by Crippen LogP contribution is 2.37. The topological polar surface area (TPSA) is 140 Å². The molecule has 1 amide bonds. The van der Waals surface area contributed by atoms with E-state index in [2.05, 4.69) is 21.7 Å². The summed E-state index contributed by atoms with van der Waals surface area (Å²) in [7, 11) is 0. The highest BCUT2D eigenvalue weighted by atomic mass is 35.5. The van der Waals surface area contributed by atoms with Gasteiger partial charge in [-0.25, -0.2) is 4.39 Å². The van der Waals surface area contributed by atoms with Crippen LogP contribution < -0.4 is 15.4 Å². The Morgan fingerprint density at radius 2 is 2.10 bits per heavy atom. The first-order valence-electron chi connectivity index (χ1n) is 12.7. The Kier molecular flexibility index (Phi) is 10.2. The molecule has 210 valence electrons. The molecule has 1 aliphatic heterocycles. The fourth-order valence-corrected chi connectivity index (χ4v) is 4.38. The number of carbonyl (C=O) groups is 1. The van der Waals surface area contributed by atoms with E-state index in [1.54, 1.807) is 23.1 Å². The Morgan fingerprint density at radius 3 is 2.77 bits per heavy atom. The molecule has 1 atom stereocenters. The number of rotatable bonds is 12. The summed E-state index contributed by atoms with van der Waals surface area (Å²) in [4.78, 5) is 19.1. The molecule has 2 aromatic carbocycles. The second kappa shape index (κ2) is 14.0. The lowest BCUT2D eigenvalue weighted by Gasteiger charge is -2.19. The van der Waals surface area contributed by atoms with Gasteiger partial charge < -0.3 is 30.3 Å². The first kappa shape index (κ1) is 29.2. The summed E-state index contributed by atoms with van der Waals surface area (Å²) in [6.07, 6.45) is 4.90. The lowest BCUT2D eigenvalue weighted by Crippen LogP contribution is -2.30. The Morgan fingerprint density at radius 1 is 1.30 bits per heavy atom. The SMILES string of the molecule is N#Cc1cnc2cc(O[C@H]3CCOC3)c(NC(=O)/C=C/CN(CCO)CCO)cc2c1Nc1ccc(F)c(Cl)c1. The van der Waals surface area contributed by atoms with Crippen molar-refractivity contribution < 1.29 is 28.9 Å². The zero-order chi connectivity index (χ0) is 28.5.